The molecule has 2 atom stereocenters. The van der Waals surface area contributed by atoms with Crippen molar-refractivity contribution < 1.29 is 9.18 Å². The Balaban J connectivity index is 1.62. The van der Waals surface area contributed by atoms with E-state index < -0.39 is 5.54 Å². The molecule has 4 nitrogen and oxygen atoms in total. The quantitative estimate of drug-likeness (QED) is 0.923. The molecule has 5 heteroatoms. The summed E-state index contributed by atoms with van der Waals surface area (Å²) >= 11 is 0. The van der Waals surface area contributed by atoms with Crippen molar-refractivity contribution in [3.8, 4) is 11.3 Å². The first-order valence-electron chi connectivity index (χ1n) is 8.34. The van der Waals surface area contributed by atoms with Crippen LogP contribution in [0.25, 0.3) is 11.3 Å². The predicted molar refractivity (Wildman–Crippen MR) is 89.7 cm³/mol. The second kappa shape index (κ2) is 5.67. The summed E-state index contributed by atoms with van der Waals surface area (Å²) in [5.41, 5.74) is 1.57. The van der Waals surface area contributed by atoms with Gasteiger partial charge in [0.15, 0.2) is 0 Å². The Morgan fingerprint density at radius 3 is 2.79 bits per heavy atom. The topological polar surface area (TPSA) is 45.2 Å². The van der Waals surface area contributed by atoms with E-state index in [4.69, 9.17) is 0 Å². The number of aromatic nitrogens is 1. The second-order valence-corrected chi connectivity index (χ2v) is 6.72. The Bertz CT molecular complexity index is 794. The van der Waals surface area contributed by atoms with Gasteiger partial charge in [-0.1, -0.05) is 18.2 Å². The van der Waals surface area contributed by atoms with E-state index in [0.29, 0.717) is 11.3 Å². The first-order chi connectivity index (χ1) is 11.6. The standard InChI is InChI=1S/C19H20FN3O/c1-23-12-11-19(18(23)24)10-9-17(22-19)16-8-4-7-15(21-16)13-5-2-3-6-14(13)20/h2-8,17,22H,9-12H2,1H3/t17-,19-/m0/s1. The number of likely N-dealkylation sites (tertiary alicyclic amines) is 1. The SMILES string of the molecule is CN1CC[C@@]2(CC[C@@H](c3cccc(-c4ccccc4F)n3)N2)C1=O. The van der Waals surface area contributed by atoms with Crippen molar-refractivity contribution in [1.29, 1.82) is 0 Å². The number of hydrogen-bond donors (Lipinski definition) is 1. The molecule has 3 heterocycles. The summed E-state index contributed by atoms with van der Waals surface area (Å²) in [6.45, 7) is 0.793. The lowest BCUT2D eigenvalue weighted by atomic mass is 9.96. The van der Waals surface area contributed by atoms with E-state index in [1.165, 1.54) is 6.07 Å². The number of nitrogens with zero attached hydrogens (tertiary/aromatic N) is 2. The number of pyridine rings is 1. The van der Waals surface area contributed by atoms with Crippen LogP contribution in [0, 0.1) is 5.82 Å². The fraction of sp³-hybridized carbons (Fsp3) is 0.368. The third-order valence-electron chi connectivity index (χ3n) is 5.22. The fourth-order valence-electron chi connectivity index (χ4n) is 3.85. The number of carbonyl (C=O) groups is 1. The summed E-state index contributed by atoms with van der Waals surface area (Å²) in [6.07, 6.45) is 2.53. The van der Waals surface area contributed by atoms with Crippen LogP contribution in [-0.4, -0.2) is 34.9 Å². The second-order valence-electron chi connectivity index (χ2n) is 6.72. The summed E-state index contributed by atoms with van der Waals surface area (Å²) in [4.78, 5) is 18.9. The molecule has 0 radical (unpaired) electrons. The van der Waals surface area contributed by atoms with E-state index in [1.54, 1.807) is 17.0 Å². The molecule has 1 aromatic carbocycles. The molecule has 124 valence electrons. The molecular weight excluding hydrogens is 305 g/mol. The largest absolute Gasteiger partial charge is 0.344 e. The minimum absolute atomic E-state index is 0.0344. The summed E-state index contributed by atoms with van der Waals surface area (Å²) in [5.74, 6) is -0.0964. The van der Waals surface area contributed by atoms with Gasteiger partial charge in [0, 0.05) is 19.2 Å². The van der Waals surface area contributed by atoms with Crippen LogP contribution >= 0.6 is 0 Å². The Morgan fingerprint density at radius 1 is 1.21 bits per heavy atom. The van der Waals surface area contributed by atoms with E-state index in [-0.39, 0.29) is 17.8 Å². The van der Waals surface area contributed by atoms with E-state index in [0.717, 1.165) is 31.5 Å². The van der Waals surface area contributed by atoms with Crippen LogP contribution < -0.4 is 5.32 Å². The predicted octanol–water partition coefficient (Wildman–Crippen LogP) is 2.91. The molecule has 2 saturated heterocycles. The van der Waals surface area contributed by atoms with Crippen LogP contribution in [0.3, 0.4) is 0 Å². The lowest BCUT2D eigenvalue weighted by molar-refractivity contribution is -0.131. The zero-order valence-corrected chi connectivity index (χ0v) is 13.6. The first kappa shape index (κ1) is 15.3. The van der Waals surface area contributed by atoms with Gasteiger partial charge in [-0.15, -0.1) is 0 Å². The Morgan fingerprint density at radius 2 is 2.04 bits per heavy atom. The zero-order valence-electron chi connectivity index (χ0n) is 13.6. The van der Waals surface area contributed by atoms with Gasteiger partial charge in [0.05, 0.1) is 17.4 Å². The van der Waals surface area contributed by atoms with Gasteiger partial charge in [-0.25, -0.2) is 4.39 Å². The summed E-state index contributed by atoms with van der Waals surface area (Å²) in [7, 11) is 1.85. The van der Waals surface area contributed by atoms with Crippen LogP contribution in [0.2, 0.25) is 0 Å². The van der Waals surface area contributed by atoms with Crippen LogP contribution in [-0.2, 0) is 4.79 Å². The van der Waals surface area contributed by atoms with Crippen LogP contribution in [0.4, 0.5) is 4.39 Å². The molecule has 2 aromatic rings. The first-order valence-corrected chi connectivity index (χ1v) is 8.34. The van der Waals surface area contributed by atoms with Crippen molar-refractivity contribution in [3.63, 3.8) is 0 Å². The molecule has 1 spiro atoms. The molecule has 4 rings (SSSR count). The van der Waals surface area contributed by atoms with Crippen molar-refractivity contribution in [2.24, 2.45) is 0 Å². The highest BCUT2D eigenvalue weighted by molar-refractivity contribution is 5.88. The smallest absolute Gasteiger partial charge is 0.242 e. The lowest BCUT2D eigenvalue weighted by Gasteiger charge is -2.23. The number of nitrogens with one attached hydrogen (secondary N) is 1. The molecule has 1 N–H and O–H groups in total. The minimum atomic E-state index is -0.435. The van der Waals surface area contributed by atoms with Crippen LogP contribution in [0.15, 0.2) is 42.5 Å². The summed E-state index contributed by atoms with van der Waals surface area (Å²) < 4.78 is 14.0. The van der Waals surface area contributed by atoms with Crippen molar-refractivity contribution in [1.82, 2.24) is 15.2 Å². The average molecular weight is 325 g/mol. The normalized spacial score (nSPS) is 26.5. The number of hydrogen-bond acceptors (Lipinski definition) is 3. The molecule has 24 heavy (non-hydrogen) atoms. The average Bonchev–Trinajstić information content (AvgIpc) is 3.16. The van der Waals surface area contributed by atoms with E-state index in [2.05, 4.69) is 10.3 Å². The zero-order chi connectivity index (χ0) is 16.7. The number of carbonyl (C=O) groups excluding carboxylic acids is 1. The Hall–Kier alpha value is -2.27. The molecule has 0 unspecified atom stereocenters. The molecule has 0 bridgehead atoms. The fourth-order valence-corrected chi connectivity index (χ4v) is 3.85. The highest BCUT2D eigenvalue weighted by Gasteiger charge is 2.50. The Labute approximate surface area is 140 Å². The number of rotatable bonds is 2. The van der Waals surface area contributed by atoms with Gasteiger partial charge < -0.3 is 4.90 Å². The summed E-state index contributed by atoms with van der Waals surface area (Å²) in [5, 5.41) is 3.51. The molecule has 0 aliphatic carbocycles. The molecule has 0 saturated carbocycles. The molecule has 1 aromatic heterocycles. The van der Waals surface area contributed by atoms with E-state index in [9.17, 15) is 9.18 Å². The minimum Gasteiger partial charge on any atom is -0.344 e. The van der Waals surface area contributed by atoms with Gasteiger partial charge in [-0.3, -0.25) is 15.1 Å². The van der Waals surface area contributed by atoms with Crippen molar-refractivity contribution in [3.05, 3.63) is 54.0 Å². The molecule has 2 aliphatic rings. The Kier molecular flexibility index (Phi) is 3.61. The van der Waals surface area contributed by atoms with Gasteiger partial charge in [-0.2, -0.15) is 0 Å². The van der Waals surface area contributed by atoms with Crippen molar-refractivity contribution >= 4 is 5.91 Å². The van der Waals surface area contributed by atoms with Gasteiger partial charge in [0.25, 0.3) is 0 Å². The highest BCUT2D eigenvalue weighted by atomic mass is 19.1. The van der Waals surface area contributed by atoms with Crippen molar-refractivity contribution in [2.75, 3.05) is 13.6 Å². The lowest BCUT2D eigenvalue weighted by Crippen LogP contribution is -2.47. The van der Waals surface area contributed by atoms with Crippen LogP contribution in [0.1, 0.15) is 31.0 Å². The van der Waals surface area contributed by atoms with Gasteiger partial charge in [0.2, 0.25) is 5.91 Å². The third kappa shape index (κ3) is 2.40. The maximum absolute atomic E-state index is 14.0. The summed E-state index contributed by atoms with van der Waals surface area (Å²) in [6, 6.07) is 12.4. The highest BCUT2D eigenvalue weighted by Crippen LogP contribution is 2.38. The van der Waals surface area contributed by atoms with Crippen molar-refractivity contribution in [2.45, 2.75) is 30.8 Å². The van der Waals surface area contributed by atoms with Gasteiger partial charge in [0.1, 0.15) is 11.4 Å². The van der Waals surface area contributed by atoms with Gasteiger partial charge in [-0.05, 0) is 43.5 Å². The number of benzene rings is 1. The maximum atomic E-state index is 14.0. The number of likely N-dealkylation sites (N-methyl/N-ethyl adjacent to an activating group) is 1. The molecular formula is C19H20FN3O. The third-order valence-corrected chi connectivity index (χ3v) is 5.22. The molecule has 2 aliphatic heterocycles. The van der Waals surface area contributed by atoms with Crippen LogP contribution in [0.5, 0.6) is 0 Å². The molecule has 1 amide bonds. The monoisotopic (exact) mass is 325 g/mol. The number of amides is 1. The van der Waals surface area contributed by atoms with Gasteiger partial charge >= 0.3 is 0 Å². The van der Waals surface area contributed by atoms with E-state index >= 15 is 0 Å². The maximum Gasteiger partial charge on any atom is 0.242 e. The number of halogens is 1. The molecule has 2 fully saturated rings. The van der Waals surface area contributed by atoms with E-state index in [1.807, 2.05) is 31.3 Å².